The molecule has 0 unspecified atom stereocenters. The summed E-state index contributed by atoms with van der Waals surface area (Å²) in [4.78, 5) is 9.86. The fourth-order valence-corrected chi connectivity index (χ4v) is 2.51. The number of ether oxygens (including phenoxy) is 1. The van der Waals surface area contributed by atoms with Crippen molar-refractivity contribution in [3.63, 3.8) is 0 Å². The van der Waals surface area contributed by atoms with Gasteiger partial charge < -0.3 is 9.72 Å². The Morgan fingerprint density at radius 1 is 1.32 bits per heavy atom. The normalized spacial score (nSPS) is 20.5. The predicted molar refractivity (Wildman–Crippen MR) is 73.8 cm³/mol. The maximum absolute atomic E-state index is 5.82. The summed E-state index contributed by atoms with van der Waals surface area (Å²) in [5.74, 6) is 1.01. The largest absolute Gasteiger partial charge is 0.375 e. The second-order valence-corrected chi connectivity index (χ2v) is 4.95. The van der Waals surface area contributed by atoms with E-state index in [0.29, 0.717) is 0 Å². The predicted octanol–water partition coefficient (Wildman–Crippen LogP) is 1.85. The number of rotatable bonds is 4. The fourth-order valence-electron chi connectivity index (χ4n) is 2.51. The summed E-state index contributed by atoms with van der Waals surface area (Å²) in [5, 5.41) is 0. The zero-order chi connectivity index (χ0) is 12.9. The Morgan fingerprint density at radius 3 is 3.00 bits per heavy atom. The molecule has 1 saturated heterocycles. The van der Waals surface area contributed by atoms with E-state index in [9.17, 15) is 0 Å². The van der Waals surface area contributed by atoms with Crippen molar-refractivity contribution in [1.29, 1.82) is 0 Å². The molecule has 0 saturated carbocycles. The van der Waals surface area contributed by atoms with Crippen LogP contribution in [0.25, 0.3) is 0 Å². The minimum Gasteiger partial charge on any atom is -0.375 e. The molecule has 0 radical (unpaired) electrons. The van der Waals surface area contributed by atoms with E-state index >= 15 is 0 Å². The lowest BCUT2D eigenvalue weighted by atomic mass is 10.1. The highest BCUT2D eigenvalue weighted by atomic mass is 16.5. The molecule has 0 aliphatic carbocycles. The minimum atomic E-state index is 0.239. The number of benzene rings is 1. The second kappa shape index (κ2) is 5.99. The van der Waals surface area contributed by atoms with Gasteiger partial charge in [0.15, 0.2) is 0 Å². The Balaban J connectivity index is 1.56. The van der Waals surface area contributed by atoms with Crippen LogP contribution in [0.5, 0.6) is 0 Å². The Bertz CT molecular complexity index is 483. The van der Waals surface area contributed by atoms with Gasteiger partial charge in [-0.2, -0.15) is 0 Å². The minimum absolute atomic E-state index is 0.239. The first-order chi connectivity index (χ1) is 9.40. The Kier molecular flexibility index (Phi) is 3.91. The van der Waals surface area contributed by atoms with Crippen molar-refractivity contribution < 1.29 is 4.74 Å². The van der Waals surface area contributed by atoms with Crippen LogP contribution in [-0.2, 0) is 17.7 Å². The van der Waals surface area contributed by atoms with Gasteiger partial charge in [0, 0.05) is 38.4 Å². The first kappa shape index (κ1) is 12.4. The molecule has 0 amide bonds. The number of aromatic nitrogens is 2. The monoisotopic (exact) mass is 257 g/mol. The van der Waals surface area contributed by atoms with Gasteiger partial charge in [-0.05, 0) is 5.56 Å². The molecule has 1 aromatic heterocycles. The number of H-pyrrole nitrogens is 1. The Labute approximate surface area is 113 Å². The van der Waals surface area contributed by atoms with Gasteiger partial charge in [-0.25, -0.2) is 4.98 Å². The van der Waals surface area contributed by atoms with Crippen molar-refractivity contribution in [2.45, 2.75) is 19.1 Å². The molecule has 1 aliphatic rings. The highest BCUT2D eigenvalue weighted by molar-refractivity contribution is 5.14. The van der Waals surface area contributed by atoms with Gasteiger partial charge in [0.25, 0.3) is 0 Å². The average molecular weight is 257 g/mol. The van der Waals surface area contributed by atoms with Gasteiger partial charge in [0.2, 0.25) is 0 Å². The lowest BCUT2D eigenvalue weighted by molar-refractivity contribution is -0.0312. The molecular weight excluding hydrogens is 238 g/mol. The van der Waals surface area contributed by atoms with E-state index in [1.807, 2.05) is 6.20 Å². The van der Waals surface area contributed by atoms with Crippen LogP contribution in [0, 0.1) is 0 Å². The zero-order valence-corrected chi connectivity index (χ0v) is 11.0. The maximum Gasteiger partial charge on any atom is 0.108 e. The molecule has 1 aliphatic heterocycles. The number of hydrogen-bond acceptors (Lipinski definition) is 3. The third-order valence-electron chi connectivity index (χ3n) is 3.45. The van der Waals surface area contributed by atoms with E-state index < -0.39 is 0 Å². The lowest BCUT2D eigenvalue weighted by Crippen LogP contribution is -2.42. The van der Waals surface area contributed by atoms with Crippen LogP contribution in [0.3, 0.4) is 0 Å². The molecule has 2 heterocycles. The quantitative estimate of drug-likeness (QED) is 0.909. The van der Waals surface area contributed by atoms with Gasteiger partial charge in [0.1, 0.15) is 5.82 Å². The summed E-state index contributed by atoms with van der Waals surface area (Å²) in [5.41, 5.74) is 1.36. The summed E-state index contributed by atoms with van der Waals surface area (Å²) in [6.07, 6.45) is 4.75. The molecule has 1 N–H and O–H groups in total. The molecule has 100 valence electrons. The van der Waals surface area contributed by atoms with Crippen LogP contribution in [0.2, 0.25) is 0 Å². The van der Waals surface area contributed by atoms with Crippen molar-refractivity contribution in [2.75, 3.05) is 19.7 Å². The summed E-state index contributed by atoms with van der Waals surface area (Å²) >= 11 is 0. The van der Waals surface area contributed by atoms with Gasteiger partial charge in [-0.1, -0.05) is 30.3 Å². The first-order valence-electron chi connectivity index (χ1n) is 6.76. The number of hydrogen-bond donors (Lipinski definition) is 1. The molecular formula is C15H19N3O. The van der Waals surface area contributed by atoms with Crippen molar-refractivity contribution in [3.05, 3.63) is 54.1 Å². The smallest absolute Gasteiger partial charge is 0.108 e. The number of nitrogens with one attached hydrogen (secondary N) is 1. The van der Waals surface area contributed by atoms with Gasteiger partial charge >= 0.3 is 0 Å². The van der Waals surface area contributed by atoms with Crippen molar-refractivity contribution >= 4 is 0 Å². The second-order valence-electron chi connectivity index (χ2n) is 4.95. The Hall–Kier alpha value is -1.65. The molecule has 1 fully saturated rings. The molecule has 3 rings (SSSR count). The van der Waals surface area contributed by atoms with Crippen molar-refractivity contribution in [3.8, 4) is 0 Å². The van der Waals surface area contributed by atoms with E-state index in [0.717, 1.165) is 38.5 Å². The van der Waals surface area contributed by atoms with Crippen LogP contribution in [0.1, 0.15) is 11.4 Å². The first-order valence-corrected chi connectivity index (χ1v) is 6.76. The average Bonchev–Trinajstić information content (AvgIpc) is 2.93. The molecule has 1 atom stereocenters. The zero-order valence-electron chi connectivity index (χ0n) is 11.0. The van der Waals surface area contributed by atoms with Crippen LogP contribution in [0.4, 0.5) is 0 Å². The molecule has 0 bridgehead atoms. The molecule has 1 aromatic carbocycles. The molecule has 2 aromatic rings. The summed E-state index contributed by atoms with van der Waals surface area (Å²) in [7, 11) is 0. The van der Waals surface area contributed by atoms with Gasteiger partial charge in [0.05, 0.1) is 12.7 Å². The third-order valence-corrected chi connectivity index (χ3v) is 3.45. The number of nitrogens with zero attached hydrogens (tertiary/aromatic N) is 2. The number of aromatic amines is 1. The third kappa shape index (κ3) is 3.43. The summed E-state index contributed by atoms with van der Waals surface area (Å²) in [6, 6.07) is 10.6. The summed E-state index contributed by atoms with van der Waals surface area (Å²) < 4.78 is 5.82. The topological polar surface area (TPSA) is 41.1 Å². The maximum atomic E-state index is 5.82. The molecule has 4 nitrogen and oxygen atoms in total. The Morgan fingerprint density at radius 2 is 2.21 bits per heavy atom. The van der Waals surface area contributed by atoms with Crippen LogP contribution < -0.4 is 0 Å². The van der Waals surface area contributed by atoms with E-state index in [2.05, 4.69) is 45.2 Å². The van der Waals surface area contributed by atoms with Crippen LogP contribution >= 0.6 is 0 Å². The molecule has 4 heteroatoms. The number of imidazole rings is 1. The standard InChI is InChI=1S/C15H19N3O/c1-2-4-13(5-3-1)11-18-8-9-19-14(12-18)10-15-16-6-7-17-15/h1-7,14H,8-12H2,(H,16,17)/t14-/m1/s1. The lowest BCUT2D eigenvalue weighted by Gasteiger charge is -2.32. The molecule has 19 heavy (non-hydrogen) atoms. The van der Waals surface area contributed by atoms with Gasteiger partial charge in [-0.3, -0.25) is 4.90 Å². The fraction of sp³-hybridized carbons (Fsp3) is 0.400. The van der Waals surface area contributed by atoms with E-state index in [4.69, 9.17) is 4.74 Å². The van der Waals surface area contributed by atoms with E-state index in [1.54, 1.807) is 6.20 Å². The van der Waals surface area contributed by atoms with E-state index in [1.165, 1.54) is 5.56 Å². The summed E-state index contributed by atoms with van der Waals surface area (Å²) in [6.45, 7) is 3.77. The van der Waals surface area contributed by atoms with Crippen molar-refractivity contribution in [1.82, 2.24) is 14.9 Å². The molecule has 0 spiro atoms. The van der Waals surface area contributed by atoms with Gasteiger partial charge in [-0.15, -0.1) is 0 Å². The number of morpholine rings is 1. The van der Waals surface area contributed by atoms with Crippen LogP contribution in [-0.4, -0.2) is 40.7 Å². The van der Waals surface area contributed by atoms with Crippen molar-refractivity contribution in [2.24, 2.45) is 0 Å². The van der Waals surface area contributed by atoms with Crippen LogP contribution in [0.15, 0.2) is 42.7 Å². The SMILES string of the molecule is c1ccc(CN2CCO[C@H](Cc3ncc[nH]3)C2)cc1. The highest BCUT2D eigenvalue weighted by Gasteiger charge is 2.21. The highest BCUT2D eigenvalue weighted by Crippen LogP contribution is 2.12. The van der Waals surface area contributed by atoms with E-state index in [-0.39, 0.29) is 6.10 Å².